The molecule has 1 aliphatic rings. The first-order valence-electron chi connectivity index (χ1n) is 14.2. The summed E-state index contributed by atoms with van der Waals surface area (Å²) in [5.74, 6) is 0.419. The maximum absolute atomic E-state index is 13.4. The van der Waals surface area contributed by atoms with Crippen LogP contribution in [-0.2, 0) is 24.2 Å². The number of nitrogen functional groups attached to an aromatic ring is 1. The van der Waals surface area contributed by atoms with E-state index in [9.17, 15) is 9.59 Å². The summed E-state index contributed by atoms with van der Waals surface area (Å²) < 4.78 is 10.9. The predicted octanol–water partition coefficient (Wildman–Crippen LogP) is 5.44. The first-order valence-corrected chi connectivity index (χ1v) is 14.2. The predicted molar refractivity (Wildman–Crippen MR) is 167 cm³/mol. The lowest BCUT2D eigenvalue weighted by Gasteiger charge is -2.13. The lowest BCUT2D eigenvalue weighted by Crippen LogP contribution is -2.26. The van der Waals surface area contributed by atoms with Gasteiger partial charge >= 0.3 is 6.09 Å². The van der Waals surface area contributed by atoms with Gasteiger partial charge in [-0.3, -0.25) is 9.78 Å². The molecule has 0 saturated carbocycles. The van der Waals surface area contributed by atoms with Crippen molar-refractivity contribution in [3.05, 3.63) is 120 Å². The lowest BCUT2D eigenvalue weighted by atomic mass is 10.0. The van der Waals surface area contributed by atoms with Crippen molar-refractivity contribution in [3.8, 4) is 28.1 Å². The molecule has 4 N–H and O–H groups in total. The van der Waals surface area contributed by atoms with Crippen LogP contribution in [0.15, 0.2) is 97.5 Å². The van der Waals surface area contributed by atoms with E-state index < -0.39 is 12.0 Å². The number of pyridine rings is 1. The second-order valence-electron chi connectivity index (χ2n) is 10.2. The molecule has 0 saturated heterocycles. The molecule has 44 heavy (non-hydrogen) atoms. The summed E-state index contributed by atoms with van der Waals surface area (Å²) in [6.45, 7) is 1.31. The van der Waals surface area contributed by atoms with Crippen molar-refractivity contribution in [3.63, 3.8) is 0 Å². The summed E-state index contributed by atoms with van der Waals surface area (Å²) >= 11 is 0. The van der Waals surface area contributed by atoms with E-state index in [1.54, 1.807) is 12.4 Å². The summed E-state index contributed by atoms with van der Waals surface area (Å²) in [5.41, 5.74) is 12.7. The number of nitrogens with zero attached hydrogens (tertiary/aromatic N) is 3. The van der Waals surface area contributed by atoms with Crippen LogP contribution in [0.1, 0.15) is 27.2 Å². The highest BCUT2D eigenvalue weighted by Gasteiger charge is 2.19. The number of amides is 2. The van der Waals surface area contributed by atoms with Crippen LogP contribution in [0.5, 0.6) is 5.75 Å². The van der Waals surface area contributed by atoms with Crippen LogP contribution in [0.25, 0.3) is 22.4 Å². The fourth-order valence-electron chi connectivity index (χ4n) is 4.91. The molecule has 0 fully saturated rings. The number of hydrogen-bond acceptors (Lipinski definition) is 8. The van der Waals surface area contributed by atoms with Crippen molar-refractivity contribution >= 4 is 23.5 Å². The van der Waals surface area contributed by atoms with Crippen molar-refractivity contribution in [2.75, 3.05) is 24.2 Å². The van der Waals surface area contributed by atoms with Gasteiger partial charge in [-0.1, -0.05) is 60.7 Å². The minimum absolute atomic E-state index is 0.0157. The summed E-state index contributed by atoms with van der Waals surface area (Å²) in [4.78, 5) is 38.3. The van der Waals surface area contributed by atoms with Gasteiger partial charge in [-0.15, -0.1) is 0 Å². The third-order valence-electron chi connectivity index (χ3n) is 7.23. The van der Waals surface area contributed by atoms with Gasteiger partial charge in [0.25, 0.3) is 5.91 Å². The SMILES string of the molecule is Nc1ncc(-c2ccc(CCNC(=O)OCc3ccccc3)cc2)nc1C(=O)Nc1cnccc1-c1ccc2c(c1)CCO2. The molecule has 2 aromatic heterocycles. The Kier molecular flexibility index (Phi) is 8.40. The Labute approximate surface area is 254 Å². The van der Waals surface area contributed by atoms with E-state index in [1.807, 2.05) is 72.8 Å². The summed E-state index contributed by atoms with van der Waals surface area (Å²) in [6.07, 6.45) is 5.81. The van der Waals surface area contributed by atoms with E-state index in [-0.39, 0.29) is 18.1 Å². The third-order valence-corrected chi connectivity index (χ3v) is 7.23. The number of rotatable bonds is 9. The molecule has 1 aliphatic heterocycles. The number of carbonyl (C=O) groups excluding carboxylic acids is 2. The Morgan fingerprint density at radius 2 is 1.75 bits per heavy atom. The van der Waals surface area contributed by atoms with E-state index in [2.05, 4.69) is 31.7 Å². The molecular formula is C34H30N6O4. The molecule has 220 valence electrons. The maximum atomic E-state index is 13.4. The minimum Gasteiger partial charge on any atom is -0.493 e. The molecule has 5 aromatic rings. The highest BCUT2D eigenvalue weighted by molar-refractivity contribution is 6.07. The number of hydrogen-bond donors (Lipinski definition) is 3. The van der Waals surface area contributed by atoms with Crippen LogP contribution in [0.4, 0.5) is 16.3 Å². The zero-order chi connectivity index (χ0) is 30.3. The number of nitrogens with one attached hydrogen (secondary N) is 2. The minimum atomic E-state index is -0.488. The molecule has 0 spiro atoms. The fraction of sp³-hybridized carbons (Fsp3) is 0.147. The Morgan fingerprint density at radius 3 is 2.59 bits per heavy atom. The van der Waals surface area contributed by atoms with Gasteiger partial charge in [0.2, 0.25) is 0 Å². The van der Waals surface area contributed by atoms with E-state index in [4.69, 9.17) is 15.2 Å². The highest BCUT2D eigenvalue weighted by atomic mass is 16.5. The van der Waals surface area contributed by atoms with Gasteiger partial charge in [0.15, 0.2) is 11.5 Å². The number of nitrogens with two attached hydrogens (primary N) is 1. The highest BCUT2D eigenvalue weighted by Crippen LogP contribution is 2.34. The van der Waals surface area contributed by atoms with E-state index in [0.29, 0.717) is 31.0 Å². The fourth-order valence-corrected chi connectivity index (χ4v) is 4.91. The molecule has 0 radical (unpaired) electrons. The quantitative estimate of drug-likeness (QED) is 0.207. The van der Waals surface area contributed by atoms with Crippen molar-refractivity contribution in [1.82, 2.24) is 20.3 Å². The van der Waals surface area contributed by atoms with E-state index in [1.165, 1.54) is 6.20 Å². The monoisotopic (exact) mass is 586 g/mol. The number of anilines is 2. The molecule has 3 aromatic carbocycles. The number of alkyl carbamates (subject to hydrolysis) is 1. The number of benzene rings is 3. The van der Waals surface area contributed by atoms with E-state index >= 15 is 0 Å². The molecular weight excluding hydrogens is 556 g/mol. The molecule has 10 heteroatoms. The largest absolute Gasteiger partial charge is 0.493 e. The number of aromatic nitrogens is 3. The van der Waals surface area contributed by atoms with Gasteiger partial charge in [0.1, 0.15) is 12.4 Å². The molecule has 0 bridgehead atoms. The molecule has 0 atom stereocenters. The average molecular weight is 587 g/mol. The Hall–Kier alpha value is -5.77. The van der Waals surface area contributed by atoms with Crippen molar-refractivity contribution in [1.29, 1.82) is 0 Å². The maximum Gasteiger partial charge on any atom is 0.407 e. The topological polar surface area (TPSA) is 141 Å². The van der Waals surface area contributed by atoms with Crippen LogP contribution < -0.4 is 21.1 Å². The molecule has 10 nitrogen and oxygen atoms in total. The molecule has 2 amide bonds. The summed E-state index contributed by atoms with van der Waals surface area (Å²) in [6, 6.07) is 25.0. The van der Waals surface area contributed by atoms with Crippen LogP contribution in [0.2, 0.25) is 0 Å². The molecule has 3 heterocycles. The molecule has 0 aliphatic carbocycles. The number of carbonyl (C=O) groups is 2. The average Bonchev–Trinajstić information content (AvgIpc) is 3.53. The third kappa shape index (κ3) is 6.65. The first-order chi connectivity index (χ1) is 21.5. The number of fused-ring (bicyclic) bond motifs is 1. The number of ether oxygens (including phenoxy) is 2. The van der Waals surface area contributed by atoms with Crippen LogP contribution in [-0.4, -0.2) is 40.1 Å². The lowest BCUT2D eigenvalue weighted by molar-refractivity contribution is 0.102. The molecule has 0 unspecified atom stereocenters. The van der Waals surface area contributed by atoms with Crippen LogP contribution in [0.3, 0.4) is 0 Å². The Morgan fingerprint density at radius 1 is 0.932 bits per heavy atom. The van der Waals surface area contributed by atoms with Gasteiger partial charge < -0.3 is 25.8 Å². The second kappa shape index (κ2) is 13.0. The zero-order valence-electron chi connectivity index (χ0n) is 23.8. The Balaban J connectivity index is 1.09. The van der Waals surface area contributed by atoms with E-state index in [0.717, 1.165) is 45.6 Å². The van der Waals surface area contributed by atoms with Crippen molar-refractivity contribution < 1.29 is 19.1 Å². The van der Waals surface area contributed by atoms with Crippen LogP contribution in [0, 0.1) is 0 Å². The van der Waals surface area contributed by atoms with Gasteiger partial charge in [-0.2, -0.15) is 0 Å². The summed E-state index contributed by atoms with van der Waals surface area (Å²) in [5, 5.41) is 5.68. The standard InChI is InChI=1S/C34H30N6O4/c35-32-31(33(41)40-29-19-36-15-13-27(29)25-10-11-30-26(18-25)14-17-43-30)39-28(20-38-32)24-8-6-22(7-9-24)12-16-37-34(42)44-21-23-4-2-1-3-5-23/h1-11,13,15,18-20H,12,14,16-17,21H2,(H2,35,38)(H,37,42)(H,40,41). The van der Waals surface area contributed by atoms with Crippen molar-refractivity contribution in [2.24, 2.45) is 0 Å². The van der Waals surface area contributed by atoms with Gasteiger partial charge in [-0.05, 0) is 46.9 Å². The van der Waals surface area contributed by atoms with Crippen LogP contribution >= 0.6 is 0 Å². The zero-order valence-corrected chi connectivity index (χ0v) is 23.8. The Bertz CT molecular complexity index is 1790. The van der Waals surface area contributed by atoms with Gasteiger partial charge in [0.05, 0.1) is 30.4 Å². The second-order valence-corrected chi connectivity index (χ2v) is 10.2. The van der Waals surface area contributed by atoms with Crippen molar-refractivity contribution in [2.45, 2.75) is 19.4 Å². The smallest absolute Gasteiger partial charge is 0.407 e. The van der Waals surface area contributed by atoms with Gasteiger partial charge in [0, 0.05) is 30.3 Å². The molecule has 6 rings (SSSR count). The summed E-state index contributed by atoms with van der Waals surface area (Å²) in [7, 11) is 0. The van der Waals surface area contributed by atoms with Gasteiger partial charge in [-0.25, -0.2) is 14.8 Å². The normalized spacial score (nSPS) is 11.7. The first kappa shape index (κ1) is 28.4.